The van der Waals surface area contributed by atoms with E-state index in [4.69, 9.17) is 9.47 Å². The molecule has 2 unspecified atom stereocenters. The molecule has 120 valence electrons. The van der Waals surface area contributed by atoms with Gasteiger partial charge in [0.15, 0.2) is 0 Å². The first-order chi connectivity index (χ1) is 11.2. The third-order valence-corrected chi connectivity index (χ3v) is 4.40. The number of hydrogen-bond acceptors (Lipinski definition) is 4. The van der Waals surface area contributed by atoms with Crippen LogP contribution in [0.1, 0.15) is 24.8 Å². The van der Waals surface area contributed by atoms with E-state index >= 15 is 0 Å². The molecule has 3 rings (SSSR count). The normalized spacial score (nSPS) is 20.2. The molecular formula is C18H18BrNO3. The molecule has 0 saturated heterocycles. The SMILES string of the molecule is O=C(OCc1ccccc1)C1CCC(Oc2ccc(Br)cn2)C1. The Hall–Kier alpha value is -1.88. The van der Waals surface area contributed by atoms with Crippen LogP contribution >= 0.6 is 15.9 Å². The van der Waals surface area contributed by atoms with Crippen molar-refractivity contribution in [2.24, 2.45) is 5.92 Å². The van der Waals surface area contributed by atoms with Crippen LogP contribution in [0.15, 0.2) is 53.1 Å². The Balaban J connectivity index is 1.47. The fourth-order valence-electron chi connectivity index (χ4n) is 2.71. The van der Waals surface area contributed by atoms with Crippen molar-refractivity contribution < 1.29 is 14.3 Å². The summed E-state index contributed by atoms with van der Waals surface area (Å²) in [5.74, 6) is 0.374. The van der Waals surface area contributed by atoms with Gasteiger partial charge in [-0.05, 0) is 46.8 Å². The molecule has 1 fully saturated rings. The van der Waals surface area contributed by atoms with Crippen LogP contribution in [-0.4, -0.2) is 17.1 Å². The van der Waals surface area contributed by atoms with Gasteiger partial charge in [0, 0.05) is 16.7 Å². The number of rotatable bonds is 5. The van der Waals surface area contributed by atoms with E-state index in [1.807, 2.05) is 42.5 Å². The minimum absolute atomic E-state index is 0.0259. The highest BCUT2D eigenvalue weighted by Gasteiger charge is 2.32. The lowest BCUT2D eigenvalue weighted by molar-refractivity contribution is -0.149. The molecule has 2 aromatic rings. The van der Waals surface area contributed by atoms with Crippen molar-refractivity contribution in [3.05, 3.63) is 58.7 Å². The summed E-state index contributed by atoms with van der Waals surface area (Å²) in [5.41, 5.74) is 1.01. The maximum Gasteiger partial charge on any atom is 0.309 e. The van der Waals surface area contributed by atoms with Gasteiger partial charge in [-0.25, -0.2) is 4.98 Å². The second kappa shape index (κ2) is 7.59. The zero-order chi connectivity index (χ0) is 16.1. The summed E-state index contributed by atoms with van der Waals surface area (Å²) in [6.45, 7) is 0.329. The fraction of sp³-hybridized carbons (Fsp3) is 0.333. The smallest absolute Gasteiger partial charge is 0.309 e. The minimum Gasteiger partial charge on any atom is -0.474 e. The van der Waals surface area contributed by atoms with E-state index < -0.39 is 0 Å². The number of hydrogen-bond donors (Lipinski definition) is 0. The van der Waals surface area contributed by atoms with Crippen LogP contribution in [0, 0.1) is 5.92 Å². The Kier molecular flexibility index (Phi) is 5.28. The van der Waals surface area contributed by atoms with Gasteiger partial charge in [0.1, 0.15) is 12.7 Å². The van der Waals surface area contributed by atoms with Crippen LogP contribution in [0.2, 0.25) is 0 Å². The van der Waals surface area contributed by atoms with Gasteiger partial charge in [0.25, 0.3) is 0 Å². The summed E-state index contributed by atoms with van der Waals surface area (Å²) in [4.78, 5) is 16.4. The number of nitrogens with zero attached hydrogens (tertiary/aromatic N) is 1. The molecule has 1 aliphatic rings. The number of pyridine rings is 1. The predicted molar refractivity (Wildman–Crippen MR) is 89.9 cm³/mol. The lowest BCUT2D eigenvalue weighted by Gasteiger charge is -2.13. The number of benzene rings is 1. The first-order valence-corrected chi connectivity index (χ1v) is 8.49. The van der Waals surface area contributed by atoms with Crippen molar-refractivity contribution in [1.29, 1.82) is 0 Å². The summed E-state index contributed by atoms with van der Waals surface area (Å²) < 4.78 is 12.2. The van der Waals surface area contributed by atoms with Crippen molar-refractivity contribution >= 4 is 21.9 Å². The third-order valence-electron chi connectivity index (χ3n) is 3.93. The van der Waals surface area contributed by atoms with Crippen LogP contribution in [0.25, 0.3) is 0 Å². The van der Waals surface area contributed by atoms with E-state index in [0.717, 1.165) is 22.9 Å². The molecule has 0 bridgehead atoms. The van der Waals surface area contributed by atoms with Crippen molar-refractivity contribution in [2.45, 2.75) is 32.0 Å². The zero-order valence-corrected chi connectivity index (χ0v) is 14.2. The summed E-state index contributed by atoms with van der Waals surface area (Å²) in [5, 5.41) is 0. The largest absolute Gasteiger partial charge is 0.474 e. The molecule has 5 heteroatoms. The van der Waals surface area contributed by atoms with E-state index in [0.29, 0.717) is 18.9 Å². The number of halogens is 1. The molecule has 1 heterocycles. The molecule has 1 saturated carbocycles. The monoisotopic (exact) mass is 375 g/mol. The Bertz CT molecular complexity index is 645. The van der Waals surface area contributed by atoms with Gasteiger partial charge in [-0.2, -0.15) is 0 Å². The molecule has 2 atom stereocenters. The van der Waals surface area contributed by atoms with Crippen LogP contribution in [0.5, 0.6) is 5.88 Å². The van der Waals surface area contributed by atoms with Crippen molar-refractivity contribution in [2.75, 3.05) is 0 Å². The molecule has 0 spiro atoms. The molecule has 23 heavy (non-hydrogen) atoms. The topological polar surface area (TPSA) is 48.4 Å². The van der Waals surface area contributed by atoms with Gasteiger partial charge in [-0.3, -0.25) is 4.79 Å². The molecule has 0 radical (unpaired) electrons. The minimum atomic E-state index is -0.135. The standard InChI is InChI=1S/C18H18BrNO3/c19-15-7-9-17(20-11-15)23-16-8-6-14(10-16)18(21)22-12-13-4-2-1-3-5-13/h1-5,7,9,11,14,16H,6,8,10,12H2. The van der Waals surface area contributed by atoms with Crippen molar-refractivity contribution in [3.8, 4) is 5.88 Å². The third kappa shape index (κ3) is 4.55. The highest BCUT2D eigenvalue weighted by Crippen LogP contribution is 2.30. The number of aromatic nitrogens is 1. The number of carbonyl (C=O) groups excluding carboxylic acids is 1. The highest BCUT2D eigenvalue weighted by atomic mass is 79.9. The quantitative estimate of drug-likeness (QED) is 0.737. The Morgan fingerprint density at radius 1 is 1.17 bits per heavy atom. The Labute approximate surface area is 144 Å². The summed E-state index contributed by atoms with van der Waals surface area (Å²) in [7, 11) is 0. The molecule has 0 aliphatic heterocycles. The molecule has 1 aromatic carbocycles. The maximum absolute atomic E-state index is 12.2. The lowest BCUT2D eigenvalue weighted by Crippen LogP contribution is -2.18. The summed E-state index contributed by atoms with van der Waals surface area (Å²) in [6, 6.07) is 13.4. The van der Waals surface area contributed by atoms with E-state index in [9.17, 15) is 4.79 Å². The molecule has 0 N–H and O–H groups in total. The number of ether oxygens (including phenoxy) is 2. The second-order valence-corrected chi connectivity index (χ2v) is 6.57. The maximum atomic E-state index is 12.2. The molecule has 0 amide bonds. The van der Waals surface area contributed by atoms with E-state index in [1.165, 1.54) is 0 Å². The van der Waals surface area contributed by atoms with Crippen LogP contribution in [-0.2, 0) is 16.1 Å². The Morgan fingerprint density at radius 2 is 2.00 bits per heavy atom. The first-order valence-electron chi connectivity index (χ1n) is 7.69. The van der Waals surface area contributed by atoms with Crippen molar-refractivity contribution in [1.82, 2.24) is 4.98 Å². The molecule has 1 aromatic heterocycles. The first kappa shape index (κ1) is 16.0. The van der Waals surface area contributed by atoms with E-state index in [2.05, 4.69) is 20.9 Å². The van der Waals surface area contributed by atoms with Gasteiger partial charge < -0.3 is 9.47 Å². The van der Waals surface area contributed by atoms with E-state index in [1.54, 1.807) is 6.20 Å². The Morgan fingerprint density at radius 3 is 2.74 bits per heavy atom. The summed E-state index contributed by atoms with van der Waals surface area (Å²) in [6.07, 6.45) is 4.07. The van der Waals surface area contributed by atoms with Crippen LogP contribution in [0.4, 0.5) is 0 Å². The number of esters is 1. The average Bonchev–Trinajstić information content (AvgIpc) is 3.04. The zero-order valence-electron chi connectivity index (χ0n) is 12.7. The van der Waals surface area contributed by atoms with Crippen molar-refractivity contribution in [3.63, 3.8) is 0 Å². The van der Waals surface area contributed by atoms with E-state index in [-0.39, 0.29) is 18.0 Å². The fourth-order valence-corrected chi connectivity index (χ4v) is 2.95. The molecule has 4 nitrogen and oxygen atoms in total. The van der Waals surface area contributed by atoms with Gasteiger partial charge in [-0.1, -0.05) is 30.3 Å². The average molecular weight is 376 g/mol. The van der Waals surface area contributed by atoms with Crippen LogP contribution < -0.4 is 4.74 Å². The second-order valence-electron chi connectivity index (χ2n) is 5.66. The van der Waals surface area contributed by atoms with Gasteiger partial charge in [0.2, 0.25) is 5.88 Å². The lowest BCUT2D eigenvalue weighted by atomic mass is 10.1. The van der Waals surface area contributed by atoms with Gasteiger partial charge in [-0.15, -0.1) is 0 Å². The van der Waals surface area contributed by atoms with Crippen LogP contribution in [0.3, 0.4) is 0 Å². The van der Waals surface area contributed by atoms with Gasteiger partial charge in [0.05, 0.1) is 5.92 Å². The van der Waals surface area contributed by atoms with Gasteiger partial charge >= 0.3 is 5.97 Å². The highest BCUT2D eigenvalue weighted by molar-refractivity contribution is 9.10. The predicted octanol–water partition coefficient (Wildman–Crippen LogP) is 4.14. The molecule has 1 aliphatic carbocycles. The number of carbonyl (C=O) groups is 1. The molecular weight excluding hydrogens is 358 g/mol. The summed E-state index contributed by atoms with van der Waals surface area (Å²) >= 11 is 3.34.